The summed E-state index contributed by atoms with van der Waals surface area (Å²) in [5.41, 5.74) is 2.40. The number of hydrogen-bond donors (Lipinski definition) is 1. The first-order valence-corrected chi connectivity index (χ1v) is 10.0. The third kappa shape index (κ3) is 3.60. The Bertz CT molecular complexity index is 936. The summed E-state index contributed by atoms with van der Waals surface area (Å²) >= 11 is 0. The van der Waals surface area contributed by atoms with Crippen molar-refractivity contribution in [2.75, 3.05) is 5.32 Å². The van der Waals surface area contributed by atoms with Crippen molar-refractivity contribution >= 4 is 21.6 Å². The Hall–Kier alpha value is -2.34. The second-order valence-electron chi connectivity index (χ2n) is 6.75. The van der Waals surface area contributed by atoms with E-state index in [-0.39, 0.29) is 21.6 Å². The van der Waals surface area contributed by atoms with E-state index in [1.807, 2.05) is 13.8 Å². The highest BCUT2D eigenvalue weighted by Gasteiger charge is 2.30. The van der Waals surface area contributed by atoms with Crippen molar-refractivity contribution in [2.45, 2.75) is 51.0 Å². The highest BCUT2D eigenvalue weighted by molar-refractivity contribution is 7.91. The van der Waals surface area contributed by atoms with Crippen molar-refractivity contribution in [2.24, 2.45) is 5.92 Å². The quantitative estimate of drug-likeness (QED) is 0.776. The number of carbonyl (C=O) groups is 1. The number of sulfone groups is 1. The van der Waals surface area contributed by atoms with Crippen molar-refractivity contribution in [3.05, 3.63) is 53.7 Å². The van der Waals surface area contributed by atoms with Gasteiger partial charge in [0, 0.05) is 18.2 Å². The maximum absolute atomic E-state index is 13.3. The van der Waals surface area contributed by atoms with Gasteiger partial charge in [-0.1, -0.05) is 37.6 Å². The third-order valence-corrected chi connectivity index (χ3v) is 6.38. The van der Waals surface area contributed by atoms with Gasteiger partial charge >= 0.3 is 0 Å². The van der Waals surface area contributed by atoms with Gasteiger partial charge in [-0.15, -0.1) is 6.58 Å². The number of hydrogen-bond acceptors (Lipinski definition) is 3. The average Bonchev–Trinajstić information content (AvgIpc) is 2.80. The molecule has 1 amide bonds. The van der Waals surface area contributed by atoms with E-state index in [4.69, 9.17) is 0 Å². The molecular weight excluding hydrogens is 348 g/mol. The standard InChI is InChI=1S/C20H26N2O3S/c1-7-12-22-16(6)15(5)18(19(22)21-20(23)13(2)3)26(24,25)17-10-8-14(4)9-11-17/h7-11,13H,1,12H2,2-6H3,(H,21,23). The van der Waals surface area contributed by atoms with E-state index in [2.05, 4.69) is 11.9 Å². The third-order valence-electron chi connectivity index (χ3n) is 4.45. The lowest BCUT2D eigenvalue weighted by molar-refractivity contribution is -0.118. The first-order valence-electron chi connectivity index (χ1n) is 8.54. The number of carbonyl (C=O) groups excluding carboxylic acids is 1. The molecule has 0 bridgehead atoms. The summed E-state index contributed by atoms with van der Waals surface area (Å²) in [6.45, 7) is 13.2. The van der Waals surface area contributed by atoms with E-state index >= 15 is 0 Å². The van der Waals surface area contributed by atoms with Crippen LogP contribution >= 0.6 is 0 Å². The van der Waals surface area contributed by atoms with Crippen LogP contribution in [0.25, 0.3) is 0 Å². The van der Waals surface area contributed by atoms with Crippen molar-refractivity contribution < 1.29 is 13.2 Å². The van der Waals surface area contributed by atoms with Gasteiger partial charge in [0.1, 0.15) is 10.7 Å². The maximum Gasteiger partial charge on any atom is 0.228 e. The Kier molecular flexibility index (Phi) is 5.76. The van der Waals surface area contributed by atoms with Crippen LogP contribution in [0.2, 0.25) is 0 Å². The van der Waals surface area contributed by atoms with Gasteiger partial charge in [0.2, 0.25) is 15.7 Å². The number of allylic oxidation sites excluding steroid dienone is 1. The molecule has 2 rings (SSSR count). The molecule has 26 heavy (non-hydrogen) atoms. The van der Waals surface area contributed by atoms with Crippen LogP contribution in [0.15, 0.2) is 46.7 Å². The monoisotopic (exact) mass is 374 g/mol. The molecular formula is C20H26N2O3S. The van der Waals surface area contributed by atoms with E-state index in [1.165, 1.54) is 0 Å². The summed E-state index contributed by atoms with van der Waals surface area (Å²) in [5, 5.41) is 2.81. The number of aromatic nitrogens is 1. The number of nitrogens with zero attached hydrogens (tertiary/aromatic N) is 1. The lowest BCUT2D eigenvalue weighted by Crippen LogP contribution is -2.21. The first-order chi connectivity index (χ1) is 12.1. The Balaban J connectivity index is 2.74. The van der Waals surface area contributed by atoms with Crippen molar-refractivity contribution in [3.63, 3.8) is 0 Å². The molecule has 0 fully saturated rings. The van der Waals surface area contributed by atoms with Crippen LogP contribution < -0.4 is 5.32 Å². The molecule has 0 aliphatic heterocycles. The Morgan fingerprint density at radius 1 is 1.19 bits per heavy atom. The fourth-order valence-corrected chi connectivity index (χ4v) is 4.44. The number of nitrogens with one attached hydrogen (secondary N) is 1. The zero-order valence-corrected chi connectivity index (χ0v) is 16.8. The van der Waals surface area contributed by atoms with E-state index in [1.54, 1.807) is 55.7 Å². The smallest absolute Gasteiger partial charge is 0.228 e. The predicted octanol–water partition coefficient (Wildman–Crippen LogP) is 4.03. The molecule has 1 aromatic carbocycles. The second-order valence-corrected chi connectivity index (χ2v) is 8.63. The molecule has 140 valence electrons. The summed E-state index contributed by atoms with van der Waals surface area (Å²) in [4.78, 5) is 12.7. The van der Waals surface area contributed by atoms with Gasteiger partial charge in [-0.05, 0) is 38.5 Å². The minimum Gasteiger partial charge on any atom is -0.327 e. The van der Waals surface area contributed by atoms with Gasteiger partial charge in [0.05, 0.1) is 4.90 Å². The Morgan fingerprint density at radius 2 is 1.77 bits per heavy atom. The summed E-state index contributed by atoms with van der Waals surface area (Å²) in [6.07, 6.45) is 1.68. The first kappa shape index (κ1) is 20.0. The molecule has 0 radical (unpaired) electrons. The molecule has 1 aromatic heterocycles. The summed E-state index contributed by atoms with van der Waals surface area (Å²) in [7, 11) is -3.78. The largest absolute Gasteiger partial charge is 0.327 e. The number of rotatable bonds is 6. The van der Waals surface area contributed by atoms with Crippen LogP contribution in [0.1, 0.15) is 30.7 Å². The minimum atomic E-state index is -3.78. The highest BCUT2D eigenvalue weighted by Crippen LogP contribution is 2.35. The SMILES string of the molecule is C=CCn1c(C)c(C)c(S(=O)(=O)c2ccc(C)cc2)c1NC(=O)C(C)C. The van der Waals surface area contributed by atoms with Crippen LogP contribution in [0.3, 0.4) is 0 Å². The fraction of sp³-hybridized carbons (Fsp3) is 0.350. The molecule has 1 N–H and O–H groups in total. The van der Waals surface area contributed by atoms with Gasteiger partial charge < -0.3 is 9.88 Å². The zero-order valence-electron chi connectivity index (χ0n) is 16.0. The van der Waals surface area contributed by atoms with Crippen molar-refractivity contribution in [1.29, 1.82) is 0 Å². The van der Waals surface area contributed by atoms with Gasteiger partial charge in [0.25, 0.3) is 0 Å². The number of benzene rings is 1. The fourth-order valence-electron chi connectivity index (χ4n) is 2.74. The zero-order chi connectivity index (χ0) is 19.6. The van der Waals surface area contributed by atoms with Crippen LogP contribution in [0.5, 0.6) is 0 Å². The number of anilines is 1. The highest BCUT2D eigenvalue weighted by atomic mass is 32.2. The average molecular weight is 375 g/mol. The molecule has 0 unspecified atom stereocenters. The second kappa shape index (κ2) is 7.50. The maximum atomic E-state index is 13.3. The van der Waals surface area contributed by atoms with Crippen molar-refractivity contribution in [1.82, 2.24) is 4.57 Å². The van der Waals surface area contributed by atoms with Gasteiger partial charge in [0.15, 0.2) is 0 Å². The molecule has 0 aliphatic rings. The predicted molar refractivity (Wildman–Crippen MR) is 104 cm³/mol. The van der Waals surface area contributed by atoms with Crippen LogP contribution in [-0.4, -0.2) is 18.9 Å². The van der Waals surface area contributed by atoms with E-state index in [9.17, 15) is 13.2 Å². The normalized spacial score (nSPS) is 11.6. The molecule has 0 aliphatic carbocycles. The minimum absolute atomic E-state index is 0.148. The van der Waals surface area contributed by atoms with E-state index < -0.39 is 9.84 Å². The van der Waals surface area contributed by atoms with E-state index in [0.29, 0.717) is 17.9 Å². The summed E-state index contributed by atoms with van der Waals surface area (Å²) < 4.78 is 28.4. The van der Waals surface area contributed by atoms with E-state index in [0.717, 1.165) is 11.3 Å². The molecule has 0 saturated carbocycles. The van der Waals surface area contributed by atoms with Crippen LogP contribution in [-0.2, 0) is 21.2 Å². The van der Waals surface area contributed by atoms with Gasteiger partial charge in [-0.25, -0.2) is 8.42 Å². The van der Waals surface area contributed by atoms with Crippen LogP contribution in [0.4, 0.5) is 5.82 Å². The van der Waals surface area contributed by atoms with Gasteiger partial charge in [-0.3, -0.25) is 4.79 Å². The lowest BCUT2D eigenvalue weighted by atomic mass is 10.2. The number of amides is 1. The molecule has 0 atom stereocenters. The van der Waals surface area contributed by atoms with Gasteiger partial charge in [-0.2, -0.15) is 0 Å². The summed E-state index contributed by atoms with van der Waals surface area (Å²) in [5.74, 6) is -0.190. The molecule has 5 nitrogen and oxygen atoms in total. The molecule has 0 saturated heterocycles. The Morgan fingerprint density at radius 3 is 2.27 bits per heavy atom. The molecule has 6 heteroatoms. The summed E-state index contributed by atoms with van der Waals surface area (Å²) in [6, 6.07) is 6.72. The van der Waals surface area contributed by atoms with Crippen LogP contribution in [0, 0.1) is 26.7 Å². The molecule has 2 aromatic rings. The molecule has 0 spiro atoms. The Labute approximate surface area is 155 Å². The van der Waals surface area contributed by atoms with Crippen molar-refractivity contribution in [3.8, 4) is 0 Å². The number of aryl methyl sites for hydroxylation is 1. The topological polar surface area (TPSA) is 68.2 Å². The lowest BCUT2D eigenvalue weighted by Gasteiger charge is -2.14. The molecule has 1 heterocycles.